The first-order valence-electron chi connectivity index (χ1n) is 8.93. The van der Waals surface area contributed by atoms with Gasteiger partial charge in [-0.25, -0.2) is 0 Å². The molecule has 1 aliphatic heterocycles. The van der Waals surface area contributed by atoms with E-state index in [0.29, 0.717) is 25.7 Å². The van der Waals surface area contributed by atoms with Crippen LogP contribution in [0.3, 0.4) is 0 Å². The minimum atomic E-state index is 0.0183. The van der Waals surface area contributed by atoms with Crippen molar-refractivity contribution >= 4 is 17.9 Å². The molecule has 2 fully saturated rings. The summed E-state index contributed by atoms with van der Waals surface area (Å²) >= 11 is 0. The Bertz CT molecular complexity index is 682. The van der Waals surface area contributed by atoms with Crippen LogP contribution in [0.25, 0.3) is 6.08 Å². The first kappa shape index (κ1) is 17.7. The predicted octanol–water partition coefficient (Wildman–Crippen LogP) is 0.473. The van der Waals surface area contributed by atoms with E-state index in [0.717, 1.165) is 42.9 Å². The lowest BCUT2D eigenvalue weighted by Gasteiger charge is -2.33. The normalized spacial score (nSPS) is 18.8. The van der Waals surface area contributed by atoms with Crippen LogP contribution in [-0.2, 0) is 16.6 Å². The molecule has 2 amide bonds. The lowest BCUT2D eigenvalue weighted by Crippen LogP contribution is -2.51. The summed E-state index contributed by atoms with van der Waals surface area (Å²) < 4.78 is 1.82. The van der Waals surface area contributed by atoms with Gasteiger partial charge in [-0.1, -0.05) is 0 Å². The van der Waals surface area contributed by atoms with Crippen molar-refractivity contribution in [2.45, 2.75) is 32.7 Å². The lowest BCUT2D eigenvalue weighted by atomic mass is 10.2. The summed E-state index contributed by atoms with van der Waals surface area (Å²) in [4.78, 5) is 28.2. The van der Waals surface area contributed by atoms with Gasteiger partial charge in [-0.05, 0) is 32.8 Å². The molecule has 1 aromatic heterocycles. The highest BCUT2D eigenvalue weighted by Gasteiger charge is 2.25. The number of carbonyl (C=O) groups excluding carboxylic acids is 2. The summed E-state index contributed by atoms with van der Waals surface area (Å²) in [6.45, 7) is 7.17. The second kappa shape index (κ2) is 7.39. The van der Waals surface area contributed by atoms with Crippen molar-refractivity contribution in [3.05, 3.63) is 23.0 Å². The zero-order chi connectivity index (χ0) is 18.0. The average Bonchev–Trinajstić information content (AvgIpc) is 3.34. The van der Waals surface area contributed by atoms with Crippen LogP contribution in [0, 0.1) is 13.8 Å². The Morgan fingerprint density at radius 3 is 2.44 bits per heavy atom. The van der Waals surface area contributed by atoms with Crippen molar-refractivity contribution < 1.29 is 9.59 Å². The summed E-state index contributed by atoms with van der Waals surface area (Å²) in [7, 11) is 1.90. The van der Waals surface area contributed by atoms with Crippen molar-refractivity contribution in [2.24, 2.45) is 7.05 Å². The smallest absolute Gasteiger partial charge is 0.246 e. The van der Waals surface area contributed by atoms with E-state index >= 15 is 0 Å². The molecule has 1 saturated carbocycles. The van der Waals surface area contributed by atoms with Gasteiger partial charge in [-0.15, -0.1) is 0 Å². The summed E-state index contributed by atoms with van der Waals surface area (Å²) in [6, 6.07) is 0.403. The van der Waals surface area contributed by atoms with Crippen LogP contribution in [-0.4, -0.2) is 70.2 Å². The lowest BCUT2D eigenvalue weighted by molar-refractivity contribution is -0.128. The molecule has 1 N–H and O–H groups in total. The maximum Gasteiger partial charge on any atom is 0.246 e. The van der Waals surface area contributed by atoms with Gasteiger partial charge in [-0.2, -0.15) is 5.10 Å². The predicted molar refractivity (Wildman–Crippen MR) is 95.9 cm³/mol. The molecule has 2 heterocycles. The van der Waals surface area contributed by atoms with Crippen LogP contribution in [0.2, 0.25) is 0 Å². The van der Waals surface area contributed by atoms with E-state index in [1.807, 2.05) is 36.6 Å². The van der Waals surface area contributed by atoms with E-state index in [-0.39, 0.29) is 11.8 Å². The third-order valence-electron chi connectivity index (χ3n) is 4.95. The van der Waals surface area contributed by atoms with Crippen LogP contribution in [0.4, 0.5) is 0 Å². The Labute approximate surface area is 148 Å². The SMILES string of the molecule is Cc1nn(C)c(C)c1C=CC(=O)N1CCN(CC(=O)NC2CC2)CC1. The van der Waals surface area contributed by atoms with Gasteiger partial charge < -0.3 is 10.2 Å². The number of nitrogens with zero attached hydrogens (tertiary/aromatic N) is 4. The van der Waals surface area contributed by atoms with Gasteiger partial charge in [0, 0.05) is 56.6 Å². The summed E-state index contributed by atoms with van der Waals surface area (Å²) in [5.74, 6) is 0.120. The minimum Gasteiger partial charge on any atom is -0.352 e. The van der Waals surface area contributed by atoms with Gasteiger partial charge in [0.2, 0.25) is 11.8 Å². The van der Waals surface area contributed by atoms with E-state index in [1.165, 1.54) is 0 Å². The first-order valence-corrected chi connectivity index (χ1v) is 8.93. The van der Waals surface area contributed by atoms with E-state index in [2.05, 4.69) is 15.3 Å². The number of nitrogens with one attached hydrogen (secondary N) is 1. The van der Waals surface area contributed by atoms with Crippen molar-refractivity contribution in [1.82, 2.24) is 24.9 Å². The van der Waals surface area contributed by atoms with Gasteiger partial charge in [0.05, 0.1) is 12.2 Å². The van der Waals surface area contributed by atoms with Crippen molar-refractivity contribution in [3.63, 3.8) is 0 Å². The zero-order valence-electron chi connectivity index (χ0n) is 15.3. The number of aromatic nitrogens is 2. The van der Waals surface area contributed by atoms with Crippen LogP contribution in [0.1, 0.15) is 29.8 Å². The third kappa shape index (κ3) is 4.48. The molecule has 3 rings (SSSR count). The summed E-state index contributed by atoms with van der Waals surface area (Å²) in [5, 5.41) is 7.37. The van der Waals surface area contributed by atoms with Crippen molar-refractivity contribution in [2.75, 3.05) is 32.7 Å². The molecular weight excluding hydrogens is 318 g/mol. The Morgan fingerprint density at radius 1 is 1.20 bits per heavy atom. The molecule has 0 spiro atoms. The van der Waals surface area contributed by atoms with Gasteiger partial charge in [0.1, 0.15) is 0 Å². The van der Waals surface area contributed by atoms with E-state index in [9.17, 15) is 9.59 Å². The van der Waals surface area contributed by atoms with Crippen LogP contribution >= 0.6 is 0 Å². The summed E-state index contributed by atoms with van der Waals surface area (Å²) in [5.41, 5.74) is 2.98. The largest absolute Gasteiger partial charge is 0.352 e. The number of amides is 2. The molecule has 136 valence electrons. The maximum absolute atomic E-state index is 12.4. The van der Waals surface area contributed by atoms with Gasteiger partial charge in [0.15, 0.2) is 0 Å². The highest BCUT2D eigenvalue weighted by atomic mass is 16.2. The molecule has 1 aliphatic carbocycles. The number of hydrogen-bond donors (Lipinski definition) is 1. The Balaban J connectivity index is 1.47. The topological polar surface area (TPSA) is 70.5 Å². The first-order chi connectivity index (χ1) is 11.9. The van der Waals surface area contributed by atoms with Crippen LogP contribution < -0.4 is 5.32 Å². The Kier molecular flexibility index (Phi) is 5.22. The molecular formula is C18H27N5O2. The molecule has 0 radical (unpaired) electrons. The third-order valence-corrected chi connectivity index (χ3v) is 4.95. The second-order valence-electron chi connectivity index (χ2n) is 6.98. The fourth-order valence-corrected chi connectivity index (χ4v) is 3.12. The van der Waals surface area contributed by atoms with Gasteiger partial charge in [-0.3, -0.25) is 19.2 Å². The molecule has 0 atom stereocenters. The monoisotopic (exact) mass is 345 g/mol. The van der Waals surface area contributed by atoms with Crippen LogP contribution in [0.15, 0.2) is 6.08 Å². The Hall–Kier alpha value is -2.15. The second-order valence-corrected chi connectivity index (χ2v) is 6.98. The van der Waals surface area contributed by atoms with E-state index < -0.39 is 0 Å². The minimum absolute atomic E-state index is 0.0183. The fraction of sp³-hybridized carbons (Fsp3) is 0.611. The standard InChI is InChI=1S/C18H27N5O2/c1-13-16(14(2)21(3)20-13)6-7-18(25)23-10-8-22(9-11-23)12-17(24)19-15-4-5-15/h6-7,15H,4-5,8-12H2,1-3H3,(H,19,24). The number of carbonyl (C=O) groups is 2. The zero-order valence-corrected chi connectivity index (χ0v) is 15.3. The molecule has 1 saturated heterocycles. The Morgan fingerprint density at radius 2 is 1.88 bits per heavy atom. The van der Waals surface area contributed by atoms with Crippen LogP contribution in [0.5, 0.6) is 0 Å². The molecule has 2 aliphatic rings. The number of hydrogen-bond acceptors (Lipinski definition) is 4. The number of aryl methyl sites for hydroxylation is 2. The molecule has 0 bridgehead atoms. The number of rotatable bonds is 5. The van der Waals surface area contributed by atoms with Gasteiger partial charge >= 0.3 is 0 Å². The quantitative estimate of drug-likeness (QED) is 0.788. The van der Waals surface area contributed by atoms with E-state index in [1.54, 1.807) is 6.08 Å². The molecule has 0 aromatic carbocycles. The van der Waals surface area contributed by atoms with Crippen molar-refractivity contribution in [1.29, 1.82) is 0 Å². The molecule has 25 heavy (non-hydrogen) atoms. The highest BCUT2D eigenvalue weighted by molar-refractivity contribution is 5.92. The molecule has 7 nitrogen and oxygen atoms in total. The maximum atomic E-state index is 12.4. The van der Waals surface area contributed by atoms with Gasteiger partial charge in [0.25, 0.3) is 0 Å². The van der Waals surface area contributed by atoms with Crippen molar-refractivity contribution in [3.8, 4) is 0 Å². The molecule has 7 heteroatoms. The number of piperazine rings is 1. The van der Waals surface area contributed by atoms with E-state index in [4.69, 9.17) is 0 Å². The fourth-order valence-electron chi connectivity index (χ4n) is 3.12. The molecule has 0 unspecified atom stereocenters. The summed E-state index contributed by atoms with van der Waals surface area (Å²) in [6.07, 6.45) is 5.70. The molecule has 1 aromatic rings. The average molecular weight is 345 g/mol. The highest BCUT2D eigenvalue weighted by Crippen LogP contribution is 2.18.